The molecule has 0 saturated carbocycles. The minimum absolute atomic E-state index is 0.161. The van der Waals surface area contributed by atoms with Crippen molar-refractivity contribution in [3.8, 4) is 0 Å². The predicted molar refractivity (Wildman–Crippen MR) is 64.8 cm³/mol. The van der Waals surface area contributed by atoms with E-state index in [0.717, 1.165) is 19.3 Å². The van der Waals surface area contributed by atoms with Crippen molar-refractivity contribution in [1.82, 2.24) is 0 Å². The summed E-state index contributed by atoms with van der Waals surface area (Å²) in [6, 6.07) is -1.34. The van der Waals surface area contributed by atoms with Gasteiger partial charge in [0.25, 0.3) is 6.04 Å². The molecule has 0 unspecified atom stereocenters. The molecule has 0 aromatic heterocycles. The highest BCUT2D eigenvalue weighted by Gasteiger charge is 2.45. The first-order chi connectivity index (χ1) is 7.95. The maximum Gasteiger partial charge on any atom is 0.374 e. The van der Waals surface area contributed by atoms with Crippen LogP contribution >= 0.6 is 0 Å². The topological polar surface area (TPSA) is 74.6 Å². The summed E-state index contributed by atoms with van der Waals surface area (Å²) in [4.78, 5) is 22.4. The fraction of sp³-hybridized carbons (Fsp3) is 0.833. The summed E-state index contributed by atoms with van der Waals surface area (Å²) in [5.74, 6) is -2.46. The van der Waals surface area contributed by atoms with Crippen LogP contribution in [0.5, 0.6) is 0 Å². The summed E-state index contributed by atoms with van der Waals surface area (Å²) in [7, 11) is 0. The van der Waals surface area contributed by atoms with Crippen molar-refractivity contribution in [1.29, 1.82) is 0 Å². The zero-order chi connectivity index (χ0) is 13.5. The standard InChI is InChI=1S/C12H23NO4/c1-4-7-13(8-5-2,9-6-3)10(11(14)15)12(16)17/h10H,4-9H2,1-3H3,(H-,14,15,16,17)/p+1. The van der Waals surface area contributed by atoms with Crippen LogP contribution in [-0.2, 0) is 9.59 Å². The van der Waals surface area contributed by atoms with Crippen molar-refractivity contribution in [2.45, 2.75) is 46.1 Å². The number of carbonyl (C=O) groups is 2. The number of aliphatic carboxylic acids is 2. The highest BCUT2D eigenvalue weighted by molar-refractivity contribution is 5.95. The van der Waals surface area contributed by atoms with E-state index in [1.54, 1.807) is 0 Å². The van der Waals surface area contributed by atoms with E-state index in [1.165, 1.54) is 0 Å². The molecule has 0 amide bonds. The molecular formula is C12H24NO4+. The van der Waals surface area contributed by atoms with Gasteiger partial charge in [0.1, 0.15) is 0 Å². The van der Waals surface area contributed by atoms with E-state index in [1.807, 2.05) is 20.8 Å². The molecule has 0 aromatic carbocycles. The van der Waals surface area contributed by atoms with Gasteiger partial charge in [0.05, 0.1) is 19.6 Å². The van der Waals surface area contributed by atoms with Gasteiger partial charge in [0, 0.05) is 0 Å². The van der Waals surface area contributed by atoms with Gasteiger partial charge < -0.3 is 14.7 Å². The van der Waals surface area contributed by atoms with Gasteiger partial charge in [-0.1, -0.05) is 20.8 Å². The van der Waals surface area contributed by atoms with Crippen molar-refractivity contribution in [3.63, 3.8) is 0 Å². The third kappa shape index (κ3) is 4.00. The van der Waals surface area contributed by atoms with Gasteiger partial charge in [-0.15, -0.1) is 0 Å². The summed E-state index contributed by atoms with van der Waals surface area (Å²) >= 11 is 0. The van der Waals surface area contributed by atoms with Crippen LogP contribution in [0.1, 0.15) is 40.0 Å². The zero-order valence-corrected chi connectivity index (χ0v) is 11.0. The molecule has 2 N–H and O–H groups in total. The Labute approximate surface area is 103 Å². The number of quaternary nitrogens is 1. The van der Waals surface area contributed by atoms with Crippen LogP contribution < -0.4 is 0 Å². The predicted octanol–water partition coefficient (Wildman–Crippen LogP) is 1.57. The Balaban J connectivity index is 5.32. The Morgan fingerprint density at radius 3 is 1.35 bits per heavy atom. The van der Waals surface area contributed by atoms with Crippen LogP contribution in [0.2, 0.25) is 0 Å². The summed E-state index contributed by atoms with van der Waals surface area (Å²) < 4.78 is 0.161. The summed E-state index contributed by atoms with van der Waals surface area (Å²) in [6.45, 7) is 7.68. The monoisotopic (exact) mass is 246 g/mol. The second-order valence-electron chi connectivity index (χ2n) is 4.47. The second kappa shape index (κ2) is 7.27. The van der Waals surface area contributed by atoms with Crippen molar-refractivity contribution in [2.75, 3.05) is 19.6 Å². The normalized spacial score (nSPS) is 11.8. The quantitative estimate of drug-likeness (QED) is 0.478. The van der Waals surface area contributed by atoms with Crippen LogP contribution in [-0.4, -0.2) is 52.3 Å². The fourth-order valence-corrected chi connectivity index (χ4v) is 2.63. The summed E-state index contributed by atoms with van der Waals surface area (Å²) in [5, 5.41) is 18.3. The lowest BCUT2D eigenvalue weighted by Gasteiger charge is -2.40. The lowest BCUT2D eigenvalue weighted by Crippen LogP contribution is -2.63. The SMILES string of the molecule is CCC[N+](CCC)(CCC)C(C(=O)O)C(=O)O. The molecule has 0 aliphatic carbocycles. The number of rotatable bonds is 9. The molecule has 0 fully saturated rings. The Hall–Kier alpha value is -1.10. The first kappa shape index (κ1) is 15.9. The fourth-order valence-electron chi connectivity index (χ4n) is 2.63. The Bertz CT molecular complexity index is 234. The number of carboxylic acids is 2. The molecule has 17 heavy (non-hydrogen) atoms. The van der Waals surface area contributed by atoms with Crippen molar-refractivity contribution >= 4 is 11.9 Å². The van der Waals surface area contributed by atoms with E-state index in [4.69, 9.17) is 10.2 Å². The van der Waals surface area contributed by atoms with E-state index in [2.05, 4.69) is 0 Å². The zero-order valence-electron chi connectivity index (χ0n) is 11.0. The van der Waals surface area contributed by atoms with Crippen molar-refractivity contribution in [2.24, 2.45) is 0 Å². The Kier molecular flexibility index (Phi) is 6.80. The van der Waals surface area contributed by atoms with Crippen LogP contribution in [0, 0.1) is 0 Å². The lowest BCUT2D eigenvalue weighted by molar-refractivity contribution is -0.936. The molecule has 0 radical (unpaired) electrons. The minimum Gasteiger partial charge on any atom is -0.476 e. The van der Waals surface area contributed by atoms with Crippen molar-refractivity contribution in [3.05, 3.63) is 0 Å². The molecule has 0 saturated heterocycles. The second-order valence-corrected chi connectivity index (χ2v) is 4.47. The van der Waals surface area contributed by atoms with E-state index in [0.29, 0.717) is 19.6 Å². The third-order valence-electron chi connectivity index (χ3n) is 3.02. The maximum absolute atomic E-state index is 11.2. The van der Waals surface area contributed by atoms with E-state index in [9.17, 15) is 9.59 Å². The molecule has 0 aromatic rings. The number of hydrogen-bond acceptors (Lipinski definition) is 2. The third-order valence-corrected chi connectivity index (χ3v) is 3.02. The molecule has 0 aliphatic heterocycles. The van der Waals surface area contributed by atoms with Crippen molar-refractivity contribution < 1.29 is 24.3 Å². The molecular weight excluding hydrogens is 222 g/mol. The van der Waals surface area contributed by atoms with Crippen LogP contribution in [0.15, 0.2) is 0 Å². The summed E-state index contributed by atoms with van der Waals surface area (Å²) in [6.07, 6.45) is 2.37. The van der Waals surface area contributed by atoms with E-state index < -0.39 is 18.0 Å². The van der Waals surface area contributed by atoms with E-state index in [-0.39, 0.29) is 4.48 Å². The molecule has 0 atom stereocenters. The van der Waals surface area contributed by atoms with Gasteiger partial charge in [0.15, 0.2) is 0 Å². The Morgan fingerprint density at radius 1 is 0.882 bits per heavy atom. The van der Waals surface area contributed by atoms with Gasteiger partial charge in [-0.05, 0) is 19.3 Å². The molecule has 100 valence electrons. The maximum atomic E-state index is 11.2. The molecule has 5 heteroatoms. The van der Waals surface area contributed by atoms with Crippen LogP contribution in [0.4, 0.5) is 0 Å². The molecule has 0 rings (SSSR count). The van der Waals surface area contributed by atoms with Gasteiger partial charge in [-0.25, -0.2) is 9.59 Å². The minimum atomic E-state index is -1.34. The smallest absolute Gasteiger partial charge is 0.374 e. The van der Waals surface area contributed by atoms with E-state index >= 15 is 0 Å². The van der Waals surface area contributed by atoms with Gasteiger partial charge in [-0.3, -0.25) is 0 Å². The Morgan fingerprint density at radius 2 is 1.18 bits per heavy atom. The molecule has 0 spiro atoms. The lowest BCUT2D eigenvalue weighted by atomic mass is 10.1. The summed E-state index contributed by atoms with van der Waals surface area (Å²) in [5.41, 5.74) is 0. The number of nitrogens with zero attached hydrogens (tertiary/aromatic N) is 1. The molecule has 5 nitrogen and oxygen atoms in total. The van der Waals surface area contributed by atoms with Gasteiger partial charge in [-0.2, -0.15) is 0 Å². The molecule has 0 aliphatic rings. The number of carboxylic acid groups (broad SMARTS) is 2. The van der Waals surface area contributed by atoms with Gasteiger partial charge in [0.2, 0.25) is 0 Å². The molecule has 0 heterocycles. The van der Waals surface area contributed by atoms with Crippen LogP contribution in [0.3, 0.4) is 0 Å². The van der Waals surface area contributed by atoms with Crippen LogP contribution in [0.25, 0.3) is 0 Å². The number of hydrogen-bond donors (Lipinski definition) is 2. The highest BCUT2D eigenvalue weighted by atomic mass is 16.4. The average molecular weight is 246 g/mol. The first-order valence-electron chi connectivity index (χ1n) is 6.26. The highest BCUT2D eigenvalue weighted by Crippen LogP contribution is 2.18. The average Bonchev–Trinajstić information content (AvgIpc) is 2.17. The largest absolute Gasteiger partial charge is 0.476 e. The first-order valence-corrected chi connectivity index (χ1v) is 6.26. The van der Waals surface area contributed by atoms with Gasteiger partial charge >= 0.3 is 11.9 Å². The molecule has 0 bridgehead atoms.